The summed E-state index contributed by atoms with van der Waals surface area (Å²) in [6.45, 7) is 5.99. The van der Waals surface area contributed by atoms with Crippen LogP contribution in [-0.4, -0.2) is 30.0 Å². The number of ether oxygens (including phenoxy) is 1. The Balaban J connectivity index is 1.51. The number of halogens is 2. The molecule has 0 unspecified atom stereocenters. The Kier molecular flexibility index (Phi) is 6.92. The van der Waals surface area contributed by atoms with Crippen molar-refractivity contribution in [3.63, 3.8) is 0 Å². The van der Waals surface area contributed by atoms with Gasteiger partial charge in [-0.25, -0.2) is 4.39 Å². The van der Waals surface area contributed by atoms with Crippen molar-refractivity contribution in [1.82, 2.24) is 4.90 Å². The lowest BCUT2D eigenvalue weighted by Gasteiger charge is -2.31. The van der Waals surface area contributed by atoms with E-state index in [4.69, 9.17) is 16.3 Å². The number of carbonyl (C=O) groups is 1. The fraction of sp³-hybridized carbons (Fsp3) is 0.409. The van der Waals surface area contributed by atoms with Gasteiger partial charge >= 0.3 is 0 Å². The molecule has 1 aliphatic heterocycles. The number of anilines is 1. The first kappa shape index (κ1) is 20.6. The van der Waals surface area contributed by atoms with Crippen LogP contribution in [0.3, 0.4) is 0 Å². The van der Waals surface area contributed by atoms with E-state index in [1.54, 1.807) is 12.1 Å². The Morgan fingerprint density at radius 1 is 1.25 bits per heavy atom. The summed E-state index contributed by atoms with van der Waals surface area (Å²) in [6, 6.07) is 12.2. The van der Waals surface area contributed by atoms with Crippen molar-refractivity contribution in [1.29, 1.82) is 0 Å². The van der Waals surface area contributed by atoms with Gasteiger partial charge in [0, 0.05) is 34.8 Å². The number of amides is 1. The molecule has 0 spiro atoms. The highest BCUT2D eigenvalue weighted by atomic mass is 35.5. The van der Waals surface area contributed by atoms with Crippen LogP contribution in [0, 0.1) is 11.7 Å². The summed E-state index contributed by atoms with van der Waals surface area (Å²) >= 11 is 5.81. The molecule has 1 aliphatic rings. The molecule has 0 saturated carbocycles. The van der Waals surface area contributed by atoms with E-state index >= 15 is 0 Å². The average molecular weight is 405 g/mol. The topological polar surface area (TPSA) is 41.6 Å². The predicted molar refractivity (Wildman–Crippen MR) is 110 cm³/mol. The second-order valence-electron chi connectivity index (χ2n) is 7.47. The van der Waals surface area contributed by atoms with Crippen molar-refractivity contribution in [3.8, 4) is 5.75 Å². The standard InChI is InChI=1S/C22H26ClFN2O2/c1-15(2)28-20-5-3-4-19(13-20)25-22(27)16-8-10-26(11-9-16)14-17-6-7-18(23)12-21(17)24/h3-7,12-13,15-16H,8-11,14H2,1-2H3,(H,25,27). The first-order valence-corrected chi connectivity index (χ1v) is 10.0. The van der Waals surface area contributed by atoms with Crippen LogP contribution in [0.2, 0.25) is 5.02 Å². The Hall–Kier alpha value is -2.11. The molecule has 1 saturated heterocycles. The van der Waals surface area contributed by atoms with E-state index in [0.29, 0.717) is 17.1 Å². The van der Waals surface area contributed by atoms with E-state index in [2.05, 4.69) is 10.2 Å². The zero-order chi connectivity index (χ0) is 20.1. The number of nitrogens with zero attached hydrogens (tertiary/aromatic N) is 1. The van der Waals surface area contributed by atoms with E-state index < -0.39 is 0 Å². The van der Waals surface area contributed by atoms with Crippen LogP contribution in [0.4, 0.5) is 10.1 Å². The summed E-state index contributed by atoms with van der Waals surface area (Å²) in [6.07, 6.45) is 1.59. The van der Waals surface area contributed by atoms with Crippen LogP contribution >= 0.6 is 11.6 Å². The first-order valence-electron chi connectivity index (χ1n) is 9.64. The van der Waals surface area contributed by atoms with Crippen molar-refractivity contribution in [2.45, 2.75) is 39.3 Å². The third kappa shape index (κ3) is 5.69. The maximum atomic E-state index is 14.0. The van der Waals surface area contributed by atoms with E-state index in [9.17, 15) is 9.18 Å². The second kappa shape index (κ2) is 9.39. The Labute approximate surface area is 170 Å². The molecule has 0 atom stereocenters. The summed E-state index contributed by atoms with van der Waals surface area (Å²) in [4.78, 5) is 14.8. The molecule has 28 heavy (non-hydrogen) atoms. The molecule has 6 heteroatoms. The number of hydrogen-bond donors (Lipinski definition) is 1. The van der Waals surface area contributed by atoms with Gasteiger partial charge in [0.2, 0.25) is 5.91 Å². The Morgan fingerprint density at radius 2 is 2.00 bits per heavy atom. The Bertz CT molecular complexity index is 820. The van der Waals surface area contributed by atoms with E-state index in [0.717, 1.165) is 37.4 Å². The van der Waals surface area contributed by atoms with Crippen LogP contribution in [0.1, 0.15) is 32.3 Å². The van der Waals surface area contributed by atoms with Crippen molar-refractivity contribution >= 4 is 23.2 Å². The smallest absolute Gasteiger partial charge is 0.227 e. The minimum absolute atomic E-state index is 0.0269. The van der Waals surface area contributed by atoms with Gasteiger partial charge in [0.15, 0.2) is 0 Å². The van der Waals surface area contributed by atoms with Gasteiger partial charge in [0.25, 0.3) is 0 Å². The lowest BCUT2D eigenvalue weighted by molar-refractivity contribution is -0.121. The van der Waals surface area contributed by atoms with Crippen molar-refractivity contribution in [3.05, 3.63) is 58.9 Å². The van der Waals surface area contributed by atoms with Gasteiger partial charge in [-0.3, -0.25) is 9.69 Å². The molecule has 150 valence electrons. The molecule has 1 amide bonds. The van der Waals surface area contributed by atoms with Gasteiger partial charge in [-0.2, -0.15) is 0 Å². The normalized spacial score (nSPS) is 15.6. The highest BCUT2D eigenvalue weighted by Gasteiger charge is 2.25. The lowest BCUT2D eigenvalue weighted by Crippen LogP contribution is -2.37. The van der Waals surface area contributed by atoms with Crippen molar-refractivity contribution in [2.24, 2.45) is 5.92 Å². The Morgan fingerprint density at radius 3 is 2.68 bits per heavy atom. The number of piperidine rings is 1. The van der Waals surface area contributed by atoms with E-state index in [-0.39, 0.29) is 23.7 Å². The third-order valence-corrected chi connectivity index (χ3v) is 5.08. The van der Waals surface area contributed by atoms with Crippen LogP contribution in [-0.2, 0) is 11.3 Å². The van der Waals surface area contributed by atoms with Crippen LogP contribution in [0.5, 0.6) is 5.75 Å². The largest absolute Gasteiger partial charge is 0.491 e. The van der Waals surface area contributed by atoms with Gasteiger partial charge in [-0.15, -0.1) is 0 Å². The number of benzene rings is 2. The minimum atomic E-state index is -0.282. The van der Waals surface area contributed by atoms with Crippen molar-refractivity contribution in [2.75, 3.05) is 18.4 Å². The number of carbonyl (C=O) groups excluding carboxylic acids is 1. The maximum absolute atomic E-state index is 14.0. The molecule has 1 N–H and O–H groups in total. The van der Waals surface area contributed by atoms with Crippen LogP contribution in [0.25, 0.3) is 0 Å². The molecule has 0 bridgehead atoms. The van der Waals surface area contributed by atoms with Crippen molar-refractivity contribution < 1.29 is 13.9 Å². The molecule has 0 aliphatic carbocycles. The van der Waals surface area contributed by atoms with Gasteiger partial charge in [-0.05, 0) is 64.0 Å². The van der Waals surface area contributed by atoms with Crippen LogP contribution in [0.15, 0.2) is 42.5 Å². The van der Waals surface area contributed by atoms with Gasteiger partial charge < -0.3 is 10.1 Å². The summed E-state index contributed by atoms with van der Waals surface area (Å²) in [5.74, 6) is 0.448. The quantitative estimate of drug-likeness (QED) is 0.726. The molecule has 2 aromatic rings. The molecule has 1 heterocycles. The molecule has 0 aromatic heterocycles. The first-order chi connectivity index (χ1) is 13.4. The molecular weight excluding hydrogens is 379 g/mol. The monoisotopic (exact) mass is 404 g/mol. The SMILES string of the molecule is CC(C)Oc1cccc(NC(=O)C2CCN(Cc3ccc(Cl)cc3F)CC2)c1. The summed E-state index contributed by atoms with van der Waals surface area (Å²) in [5, 5.41) is 3.40. The highest BCUT2D eigenvalue weighted by molar-refractivity contribution is 6.30. The number of rotatable bonds is 6. The van der Waals surface area contributed by atoms with Gasteiger partial charge in [0.05, 0.1) is 6.10 Å². The highest BCUT2D eigenvalue weighted by Crippen LogP contribution is 2.24. The number of nitrogens with one attached hydrogen (secondary N) is 1. The lowest BCUT2D eigenvalue weighted by atomic mass is 9.95. The van der Waals surface area contributed by atoms with Crippen LogP contribution < -0.4 is 10.1 Å². The summed E-state index contributed by atoms with van der Waals surface area (Å²) in [7, 11) is 0. The zero-order valence-electron chi connectivity index (χ0n) is 16.3. The number of hydrogen-bond acceptors (Lipinski definition) is 3. The van der Waals surface area contributed by atoms with Gasteiger partial charge in [0.1, 0.15) is 11.6 Å². The summed E-state index contributed by atoms with van der Waals surface area (Å²) in [5.41, 5.74) is 1.38. The minimum Gasteiger partial charge on any atom is -0.491 e. The third-order valence-electron chi connectivity index (χ3n) is 4.84. The summed E-state index contributed by atoms with van der Waals surface area (Å²) < 4.78 is 19.7. The second-order valence-corrected chi connectivity index (χ2v) is 7.91. The van der Waals surface area contributed by atoms with Gasteiger partial charge in [-0.1, -0.05) is 23.7 Å². The molecule has 2 aromatic carbocycles. The molecule has 3 rings (SSSR count). The molecule has 0 radical (unpaired) electrons. The predicted octanol–water partition coefficient (Wildman–Crippen LogP) is 5.12. The number of likely N-dealkylation sites (tertiary alicyclic amines) is 1. The molecular formula is C22H26ClFN2O2. The average Bonchev–Trinajstić information content (AvgIpc) is 2.64. The zero-order valence-corrected chi connectivity index (χ0v) is 17.0. The van der Waals surface area contributed by atoms with E-state index in [1.165, 1.54) is 6.07 Å². The fourth-order valence-electron chi connectivity index (χ4n) is 3.41. The van der Waals surface area contributed by atoms with E-state index in [1.807, 2.05) is 38.1 Å². The fourth-order valence-corrected chi connectivity index (χ4v) is 3.57. The molecule has 1 fully saturated rings. The maximum Gasteiger partial charge on any atom is 0.227 e. The molecule has 4 nitrogen and oxygen atoms in total.